The highest BCUT2D eigenvalue weighted by Gasteiger charge is 2.37. The maximum absolute atomic E-state index is 12.1. The Kier molecular flexibility index (Phi) is 15.5. The van der Waals surface area contributed by atoms with Gasteiger partial charge in [-0.1, -0.05) is 0 Å². The van der Waals surface area contributed by atoms with Gasteiger partial charge in [0, 0.05) is 6.54 Å². The van der Waals surface area contributed by atoms with E-state index in [0.29, 0.717) is 38.6 Å². The molecule has 0 aromatic rings. The van der Waals surface area contributed by atoms with Gasteiger partial charge in [-0.15, -0.1) is 20.2 Å². The smallest absolute Gasteiger partial charge is 0.411 e. The first-order chi connectivity index (χ1) is 18.4. The zero-order valence-electron chi connectivity index (χ0n) is 22.8. The Bertz CT molecular complexity index is 798. The molecule has 2 rings (SSSR count). The highest BCUT2D eigenvalue weighted by atomic mass is 17.0. The van der Waals surface area contributed by atoms with Gasteiger partial charge in [-0.2, -0.15) is 0 Å². The van der Waals surface area contributed by atoms with Crippen LogP contribution in [0.25, 0.3) is 0 Å². The highest BCUT2D eigenvalue weighted by molar-refractivity contribution is 5.82. The summed E-state index contributed by atoms with van der Waals surface area (Å²) >= 11 is 0. The molecule has 0 bridgehead atoms. The summed E-state index contributed by atoms with van der Waals surface area (Å²) in [6.45, 7) is 7.06. The van der Waals surface area contributed by atoms with Gasteiger partial charge in [0.15, 0.2) is 0 Å². The van der Waals surface area contributed by atoms with Crippen LogP contribution in [-0.4, -0.2) is 90.3 Å². The summed E-state index contributed by atoms with van der Waals surface area (Å²) < 4.78 is 15.4. The first-order valence-corrected chi connectivity index (χ1v) is 13.0. The molecule has 0 aliphatic carbocycles. The summed E-state index contributed by atoms with van der Waals surface area (Å²) in [5.41, 5.74) is -0.620. The summed E-state index contributed by atoms with van der Waals surface area (Å²) in [6.07, 6.45) is 4.51. The molecule has 0 radical (unpaired) electrons. The third kappa shape index (κ3) is 15.5. The molecule has 2 saturated heterocycles. The third-order valence-electron chi connectivity index (χ3n) is 5.46. The normalized spacial score (nSPS) is 18.4. The summed E-state index contributed by atoms with van der Waals surface area (Å²) in [7, 11) is 0. The molecule has 39 heavy (non-hydrogen) atoms. The second-order valence-electron chi connectivity index (χ2n) is 9.84. The van der Waals surface area contributed by atoms with Gasteiger partial charge in [0.25, 0.3) is 10.2 Å². The van der Waals surface area contributed by atoms with Crippen molar-refractivity contribution < 1.29 is 48.4 Å². The van der Waals surface area contributed by atoms with Crippen molar-refractivity contribution in [3.05, 3.63) is 20.2 Å². The fraction of sp³-hybridized carbons (Fsp3) is 0.870. The van der Waals surface area contributed by atoms with Crippen molar-refractivity contribution in [3.63, 3.8) is 0 Å². The van der Waals surface area contributed by atoms with Crippen molar-refractivity contribution in [2.45, 2.75) is 89.8 Å². The number of amides is 1. The van der Waals surface area contributed by atoms with E-state index in [1.807, 2.05) is 0 Å². The van der Waals surface area contributed by atoms with E-state index in [1.165, 1.54) is 4.90 Å². The lowest BCUT2D eigenvalue weighted by Gasteiger charge is -2.27. The number of hydrogen-bond donors (Lipinski definition) is 1. The van der Waals surface area contributed by atoms with Gasteiger partial charge in [-0.05, 0) is 78.7 Å². The Morgan fingerprint density at radius 3 is 1.87 bits per heavy atom. The maximum atomic E-state index is 12.1. The van der Waals surface area contributed by atoms with E-state index >= 15 is 0 Å². The molecule has 224 valence electrons. The van der Waals surface area contributed by atoms with Crippen LogP contribution in [0.4, 0.5) is 4.79 Å². The Labute approximate surface area is 226 Å². The Morgan fingerprint density at radius 2 is 1.38 bits per heavy atom. The third-order valence-corrected chi connectivity index (χ3v) is 5.46. The Balaban J connectivity index is 0.000000416. The fourth-order valence-corrected chi connectivity index (χ4v) is 3.67. The lowest BCUT2D eigenvalue weighted by atomic mass is 10.2. The van der Waals surface area contributed by atoms with Gasteiger partial charge in [0.05, 0.1) is 26.4 Å². The van der Waals surface area contributed by atoms with Crippen LogP contribution in [0.15, 0.2) is 0 Å². The number of nitrogens with one attached hydrogen (secondary N) is 1. The summed E-state index contributed by atoms with van der Waals surface area (Å²) in [6, 6.07) is -0.796. The average molecular weight is 565 g/mol. The summed E-state index contributed by atoms with van der Waals surface area (Å²) in [5.74, 6) is -0.698. The van der Waals surface area contributed by atoms with Gasteiger partial charge in [-0.25, -0.2) is 9.59 Å². The number of ether oxygens (including phenoxy) is 3. The molecule has 1 amide bonds. The molecule has 2 fully saturated rings. The van der Waals surface area contributed by atoms with E-state index in [0.717, 1.165) is 25.8 Å². The number of rotatable bonds is 14. The molecule has 0 saturated carbocycles. The van der Waals surface area contributed by atoms with Crippen LogP contribution in [-0.2, 0) is 33.5 Å². The number of esters is 2. The van der Waals surface area contributed by atoms with Gasteiger partial charge in [-0.3, -0.25) is 9.69 Å². The quantitative estimate of drug-likeness (QED) is 0.106. The molecule has 2 heterocycles. The van der Waals surface area contributed by atoms with Crippen LogP contribution in [0, 0.1) is 20.2 Å². The predicted molar refractivity (Wildman–Crippen MR) is 133 cm³/mol. The molecule has 16 nitrogen and oxygen atoms in total. The standard InChI is InChI=1S/C14H24N2O7.C9H16N2O5/c1-14(2,3)23-13(18)15-8-6-7-11(15)12(17)21-9-4-5-10-22-16(19)20;12-9(8-4-3-5-10-8)15-6-1-2-7-16-11(13)14/h11H,4-10H2,1-3H3;8,10H,1-7H2. The average Bonchev–Trinajstić information content (AvgIpc) is 3.55. The monoisotopic (exact) mass is 564 g/mol. The van der Waals surface area contributed by atoms with Crippen molar-refractivity contribution >= 4 is 18.0 Å². The number of carbonyl (C=O) groups is 3. The molecular formula is C23H40N4O12. The van der Waals surface area contributed by atoms with Crippen molar-refractivity contribution in [3.8, 4) is 0 Å². The summed E-state index contributed by atoms with van der Waals surface area (Å²) in [5, 5.41) is 21.1. The van der Waals surface area contributed by atoms with Crippen molar-refractivity contribution in [1.82, 2.24) is 10.2 Å². The first kappa shape index (κ1) is 33.6. The SMILES string of the molecule is CC(C)(C)OC(=O)N1CCCC1C(=O)OCCCCO[N+](=O)[O-].O=C(OCCCCO[N+](=O)[O-])C1CCCN1. The number of unbranched alkanes of at least 4 members (excludes halogenated alkanes) is 2. The van der Waals surface area contributed by atoms with Gasteiger partial charge in [0.2, 0.25) is 0 Å². The second kappa shape index (κ2) is 18.0. The number of hydrogen-bond acceptors (Lipinski definition) is 13. The lowest BCUT2D eigenvalue weighted by Crippen LogP contribution is -2.44. The second-order valence-corrected chi connectivity index (χ2v) is 9.84. The first-order valence-electron chi connectivity index (χ1n) is 13.0. The van der Waals surface area contributed by atoms with Crippen molar-refractivity contribution in [2.75, 3.05) is 39.5 Å². The van der Waals surface area contributed by atoms with Crippen LogP contribution in [0.5, 0.6) is 0 Å². The van der Waals surface area contributed by atoms with E-state index in [-0.39, 0.29) is 38.4 Å². The Hall–Kier alpha value is -3.43. The number of likely N-dealkylation sites (tertiary alicyclic amines) is 1. The molecular weight excluding hydrogens is 524 g/mol. The largest absolute Gasteiger partial charge is 0.465 e. The van der Waals surface area contributed by atoms with E-state index in [9.17, 15) is 34.6 Å². The van der Waals surface area contributed by atoms with Crippen LogP contribution < -0.4 is 5.32 Å². The van der Waals surface area contributed by atoms with Crippen LogP contribution in [0.2, 0.25) is 0 Å². The lowest BCUT2D eigenvalue weighted by molar-refractivity contribution is -0.757. The molecule has 2 aliphatic heterocycles. The highest BCUT2D eigenvalue weighted by Crippen LogP contribution is 2.22. The minimum atomic E-state index is -0.858. The van der Waals surface area contributed by atoms with Crippen LogP contribution in [0.3, 0.4) is 0 Å². The summed E-state index contributed by atoms with van der Waals surface area (Å²) in [4.78, 5) is 64.9. The maximum Gasteiger partial charge on any atom is 0.411 e. The van der Waals surface area contributed by atoms with Crippen LogP contribution >= 0.6 is 0 Å². The minimum Gasteiger partial charge on any atom is -0.465 e. The molecule has 0 spiro atoms. The fourth-order valence-electron chi connectivity index (χ4n) is 3.67. The van der Waals surface area contributed by atoms with Gasteiger partial charge >= 0.3 is 18.0 Å². The zero-order chi connectivity index (χ0) is 29.3. The molecule has 2 unspecified atom stereocenters. The van der Waals surface area contributed by atoms with Gasteiger partial charge < -0.3 is 29.2 Å². The molecule has 16 heteroatoms. The molecule has 0 aromatic heterocycles. The van der Waals surface area contributed by atoms with Crippen molar-refractivity contribution in [2.24, 2.45) is 0 Å². The molecule has 1 N–H and O–H groups in total. The zero-order valence-corrected chi connectivity index (χ0v) is 22.8. The molecule has 2 atom stereocenters. The Morgan fingerprint density at radius 1 is 0.846 bits per heavy atom. The number of nitrogens with zero attached hydrogens (tertiary/aromatic N) is 3. The van der Waals surface area contributed by atoms with E-state index in [1.54, 1.807) is 20.8 Å². The predicted octanol–water partition coefficient (Wildman–Crippen LogP) is 2.19. The van der Waals surface area contributed by atoms with Crippen molar-refractivity contribution in [1.29, 1.82) is 0 Å². The molecule has 0 aromatic carbocycles. The van der Waals surface area contributed by atoms with Crippen LogP contribution in [0.1, 0.15) is 72.1 Å². The number of carbonyl (C=O) groups excluding carboxylic acids is 3. The molecule has 2 aliphatic rings. The van der Waals surface area contributed by atoms with E-state index in [4.69, 9.17) is 14.2 Å². The van der Waals surface area contributed by atoms with Gasteiger partial charge in [0.1, 0.15) is 17.7 Å². The topological polar surface area (TPSA) is 199 Å². The van der Waals surface area contributed by atoms with E-state index < -0.39 is 33.9 Å². The van der Waals surface area contributed by atoms with E-state index in [2.05, 4.69) is 15.0 Å². The minimum absolute atomic E-state index is 0.0297.